The number of rotatable bonds is 12. The largest absolute Gasteiger partial charge is 0.466 e. The first-order valence-electron chi connectivity index (χ1n) is 8.88. The molecule has 5 atom stereocenters. The van der Waals surface area contributed by atoms with Gasteiger partial charge in [-0.1, -0.05) is 36.2 Å². The molecular formula is C15H29NO9S3. The van der Waals surface area contributed by atoms with E-state index < -0.39 is 46.9 Å². The van der Waals surface area contributed by atoms with Gasteiger partial charge in [-0.25, -0.2) is 4.28 Å². The lowest BCUT2D eigenvalue weighted by Crippen LogP contribution is -2.57. The number of aliphatic hydroxyl groups is 4. The van der Waals surface area contributed by atoms with Gasteiger partial charge in [-0.05, 0) is 31.3 Å². The molecule has 0 spiro atoms. The Morgan fingerprint density at radius 1 is 1.07 bits per heavy atom. The second-order valence-electron chi connectivity index (χ2n) is 6.31. The van der Waals surface area contributed by atoms with Crippen LogP contribution in [-0.2, 0) is 19.4 Å². The van der Waals surface area contributed by atoms with Gasteiger partial charge in [-0.3, -0.25) is 4.55 Å². The van der Waals surface area contributed by atoms with E-state index in [1.165, 1.54) is 0 Å². The summed E-state index contributed by atoms with van der Waals surface area (Å²) in [4.78, 5) is 0. The summed E-state index contributed by atoms with van der Waals surface area (Å²) in [6, 6.07) is 0. The van der Waals surface area contributed by atoms with Crippen molar-refractivity contribution in [1.82, 2.24) is 0 Å². The summed E-state index contributed by atoms with van der Waals surface area (Å²) in [6.45, 7) is -0.577. The molecule has 1 saturated heterocycles. The smallest absolute Gasteiger partial charge is 0.394 e. The average Bonchev–Trinajstić information content (AvgIpc) is 2.64. The first-order chi connectivity index (χ1) is 13.2. The average molecular weight is 464 g/mol. The van der Waals surface area contributed by atoms with Crippen molar-refractivity contribution in [1.29, 1.82) is 0 Å². The maximum absolute atomic E-state index is 10.8. The summed E-state index contributed by atoms with van der Waals surface area (Å²) in [5, 5.41) is 42.5. The first-order valence-corrected chi connectivity index (χ1v) is 12.5. The van der Waals surface area contributed by atoms with Crippen molar-refractivity contribution in [2.24, 2.45) is 5.16 Å². The van der Waals surface area contributed by atoms with Gasteiger partial charge in [0.15, 0.2) is 0 Å². The fourth-order valence-electron chi connectivity index (χ4n) is 2.57. The molecule has 0 amide bonds. The molecule has 0 bridgehead atoms. The van der Waals surface area contributed by atoms with Crippen LogP contribution in [-0.4, -0.2) is 86.9 Å². The Morgan fingerprint density at radius 3 is 2.32 bits per heavy atom. The molecule has 0 aliphatic carbocycles. The van der Waals surface area contributed by atoms with Crippen LogP contribution in [0.25, 0.3) is 0 Å². The molecule has 5 N–H and O–H groups in total. The second-order valence-corrected chi connectivity index (χ2v) is 9.47. The van der Waals surface area contributed by atoms with Gasteiger partial charge in [-0.15, -0.1) is 0 Å². The minimum absolute atomic E-state index is 0.131. The van der Waals surface area contributed by atoms with Gasteiger partial charge in [0.05, 0.1) is 6.61 Å². The molecule has 1 aliphatic heterocycles. The van der Waals surface area contributed by atoms with Crippen molar-refractivity contribution in [3.05, 3.63) is 0 Å². The van der Waals surface area contributed by atoms with Crippen LogP contribution in [0.5, 0.6) is 0 Å². The Balaban J connectivity index is 2.66. The second kappa shape index (κ2) is 13.2. The predicted molar refractivity (Wildman–Crippen MR) is 108 cm³/mol. The van der Waals surface area contributed by atoms with Crippen LogP contribution < -0.4 is 0 Å². The van der Waals surface area contributed by atoms with Gasteiger partial charge in [-0.2, -0.15) is 20.2 Å². The third-order valence-corrected chi connectivity index (χ3v) is 6.21. The highest BCUT2D eigenvalue weighted by molar-refractivity contribution is 8.14. The molecule has 0 aromatic carbocycles. The molecule has 13 heteroatoms. The van der Waals surface area contributed by atoms with Crippen LogP contribution in [0.15, 0.2) is 5.16 Å². The van der Waals surface area contributed by atoms with Gasteiger partial charge in [0.25, 0.3) is 0 Å². The van der Waals surface area contributed by atoms with Crippen LogP contribution in [0, 0.1) is 0 Å². The third-order valence-electron chi connectivity index (χ3n) is 4.07. The minimum atomic E-state index is -4.79. The van der Waals surface area contributed by atoms with E-state index >= 15 is 0 Å². The minimum Gasteiger partial charge on any atom is -0.394 e. The van der Waals surface area contributed by atoms with Crippen LogP contribution >= 0.6 is 23.5 Å². The lowest BCUT2D eigenvalue weighted by Gasteiger charge is -2.39. The molecule has 0 aromatic heterocycles. The molecule has 1 fully saturated rings. The summed E-state index contributed by atoms with van der Waals surface area (Å²) in [5.74, 6) is 1.10. The van der Waals surface area contributed by atoms with Crippen molar-refractivity contribution in [2.45, 2.75) is 68.4 Å². The highest BCUT2D eigenvalue weighted by Gasteiger charge is 2.44. The maximum Gasteiger partial charge on any atom is 0.466 e. The van der Waals surface area contributed by atoms with E-state index in [1.807, 2.05) is 6.26 Å². The number of hydrogen-bond acceptors (Lipinski definition) is 11. The Bertz CT molecular complexity index is 573. The molecule has 0 saturated carbocycles. The monoisotopic (exact) mass is 463 g/mol. The molecule has 28 heavy (non-hydrogen) atoms. The highest BCUT2D eigenvalue weighted by Crippen LogP contribution is 2.30. The Morgan fingerprint density at radius 2 is 1.71 bits per heavy atom. The maximum atomic E-state index is 10.8. The van der Waals surface area contributed by atoms with Crippen molar-refractivity contribution >= 4 is 39.0 Å². The number of hydrogen-bond donors (Lipinski definition) is 5. The normalized spacial score (nSPS) is 29.1. The van der Waals surface area contributed by atoms with E-state index in [4.69, 9.17) is 9.29 Å². The van der Waals surface area contributed by atoms with Crippen LogP contribution in [0.2, 0.25) is 0 Å². The predicted octanol–water partition coefficient (Wildman–Crippen LogP) is 0.356. The Hall–Kier alpha value is -0.120. The van der Waals surface area contributed by atoms with Crippen molar-refractivity contribution in [3.8, 4) is 0 Å². The van der Waals surface area contributed by atoms with Gasteiger partial charge >= 0.3 is 10.4 Å². The van der Waals surface area contributed by atoms with E-state index in [0.29, 0.717) is 12.8 Å². The van der Waals surface area contributed by atoms with Gasteiger partial charge in [0.1, 0.15) is 34.9 Å². The SMILES string of the molecule is CSCCCCCCC/C(=N\OS(=O)(=O)O)S[C@@H]1O[C@H](CO)[C@@H](O)[C@H](O)[C@H]1O. The first kappa shape index (κ1) is 25.9. The van der Waals surface area contributed by atoms with Crippen molar-refractivity contribution in [3.63, 3.8) is 0 Å². The van der Waals surface area contributed by atoms with Crippen LogP contribution in [0.3, 0.4) is 0 Å². The van der Waals surface area contributed by atoms with Crippen molar-refractivity contribution < 1.29 is 42.4 Å². The lowest BCUT2D eigenvalue weighted by atomic mass is 10.0. The van der Waals surface area contributed by atoms with Gasteiger partial charge in [0.2, 0.25) is 0 Å². The lowest BCUT2D eigenvalue weighted by molar-refractivity contribution is -0.205. The van der Waals surface area contributed by atoms with E-state index in [2.05, 4.69) is 9.44 Å². The zero-order chi connectivity index (χ0) is 21.2. The van der Waals surface area contributed by atoms with Gasteiger partial charge < -0.3 is 25.2 Å². The van der Waals surface area contributed by atoms with E-state index in [-0.39, 0.29) is 5.04 Å². The zero-order valence-corrected chi connectivity index (χ0v) is 18.0. The summed E-state index contributed by atoms with van der Waals surface area (Å²) in [7, 11) is -4.79. The highest BCUT2D eigenvalue weighted by atomic mass is 32.3. The zero-order valence-electron chi connectivity index (χ0n) is 15.6. The van der Waals surface area contributed by atoms with Crippen LogP contribution in [0.1, 0.15) is 38.5 Å². The number of thioether (sulfide) groups is 2. The number of unbranched alkanes of at least 4 members (excludes halogenated alkanes) is 4. The summed E-state index contributed by atoms with van der Waals surface area (Å²) < 4.78 is 39.7. The topological polar surface area (TPSA) is 166 Å². The van der Waals surface area contributed by atoms with Crippen LogP contribution in [0.4, 0.5) is 0 Å². The third kappa shape index (κ3) is 9.59. The number of nitrogens with zero attached hydrogens (tertiary/aromatic N) is 1. The molecule has 1 heterocycles. The summed E-state index contributed by atoms with van der Waals surface area (Å²) in [5.41, 5.74) is -1.11. The summed E-state index contributed by atoms with van der Waals surface area (Å²) in [6.07, 6.45) is 1.45. The molecule has 0 aromatic rings. The number of oxime groups is 1. The molecule has 0 unspecified atom stereocenters. The Kier molecular flexibility index (Phi) is 12.3. The standard InChI is InChI=1S/C15H29NO9S3/c1-26-8-6-4-2-3-5-7-11(16-25-28(21,22)23)27-15-14(20)13(19)12(18)10(9-17)24-15/h10,12-15,17-20H,2-9H2,1H3,(H,21,22,23)/b16-11+/t10-,12-,13+,14-,15+/m1/s1. The van der Waals surface area contributed by atoms with E-state index in [9.17, 15) is 28.8 Å². The molecule has 10 nitrogen and oxygen atoms in total. The molecular weight excluding hydrogens is 434 g/mol. The Labute approximate surface area is 173 Å². The fraction of sp³-hybridized carbons (Fsp3) is 0.933. The quantitative estimate of drug-likeness (QED) is 0.0891. The van der Waals surface area contributed by atoms with Crippen molar-refractivity contribution in [2.75, 3.05) is 18.6 Å². The molecule has 166 valence electrons. The molecule has 1 aliphatic rings. The fourth-order valence-corrected chi connectivity index (χ4v) is 4.40. The molecule has 0 radical (unpaired) electrons. The van der Waals surface area contributed by atoms with Gasteiger partial charge in [0, 0.05) is 0 Å². The summed E-state index contributed by atoms with van der Waals surface area (Å²) >= 11 is 2.59. The number of ether oxygens (including phenoxy) is 1. The van der Waals surface area contributed by atoms with E-state index in [0.717, 1.165) is 43.2 Å². The van der Waals surface area contributed by atoms with E-state index in [1.54, 1.807) is 11.8 Å². The number of aliphatic hydroxyl groups excluding tert-OH is 4. The molecule has 1 rings (SSSR count).